The average molecular weight is 227 g/mol. The summed E-state index contributed by atoms with van der Waals surface area (Å²) in [6, 6.07) is 0. The van der Waals surface area contributed by atoms with Gasteiger partial charge in [0.2, 0.25) is 5.88 Å². The molecule has 0 bridgehead atoms. The molecule has 0 saturated heterocycles. The van der Waals surface area contributed by atoms with Crippen molar-refractivity contribution in [3.63, 3.8) is 0 Å². The van der Waals surface area contributed by atoms with Crippen molar-refractivity contribution in [3.05, 3.63) is 11.3 Å². The van der Waals surface area contributed by atoms with Gasteiger partial charge in [0.25, 0.3) is 5.91 Å². The van der Waals surface area contributed by atoms with Crippen LogP contribution >= 0.6 is 0 Å². The normalized spacial score (nSPS) is 12.3. The molecule has 1 amide bonds. The van der Waals surface area contributed by atoms with Crippen molar-refractivity contribution in [2.24, 2.45) is 7.05 Å². The lowest BCUT2D eigenvalue weighted by atomic mass is 10.2. The predicted octanol–water partition coefficient (Wildman–Crippen LogP) is -0.152. The Balaban J connectivity index is 2.90. The molecule has 0 radical (unpaired) electrons. The third-order valence-electron chi connectivity index (χ3n) is 2.15. The third-order valence-corrected chi connectivity index (χ3v) is 2.15. The number of hydrogen-bond donors (Lipinski definition) is 2. The summed E-state index contributed by atoms with van der Waals surface area (Å²) >= 11 is 0. The van der Waals surface area contributed by atoms with E-state index in [1.54, 1.807) is 20.9 Å². The van der Waals surface area contributed by atoms with Crippen LogP contribution in [0.15, 0.2) is 0 Å². The highest BCUT2D eigenvalue weighted by Crippen LogP contribution is 2.20. The Hall–Kier alpha value is -1.56. The van der Waals surface area contributed by atoms with Crippen molar-refractivity contribution in [2.75, 3.05) is 13.7 Å². The van der Waals surface area contributed by atoms with E-state index in [0.29, 0.717) is 17.1 Å². The number of aromatic nitrogens is 2. The van der Waals surface area contributed by atoms with Crippen molar-refractivity contribution >= 4 is 5.91 Å². The summed E-state index contributed by atoms with van der Waals surface area (Å²) in [5.41, 5.74) is 1.01. The highest BCUT2D eigenvalue weighted by molar-refractivity contribution is 5.97. The predicted molar refractivity (Wildman–Crippen MR) is 58.5 cm³/mol. The molecule has 1 heterocycles. The molecule has 1 unspecified atom stereocenters. The number of ether oxygens (including phenoxy) is 1. The van der Waals surface area contributed by atoms with Gasteiger partial charge in [0, 0.05) is 13.6 Å². The summed E-state index contributed by atoms with van der Waals surface area (Å²) < 4.78 is 6.61. The smallest absolute Gasteiger partial charge is 0.258 e. The molecule has 1 aromatic heterocycles. The lowest BCUT2D eigenvalue weighted by molar-refractivity contribution is 0.0920. The largest absolute Gasteiger partial charge is 0.481 e. The van der Waals surface area contributed by atoms with Gasteiger partial charge in [-0.2, -0.15) is 5.10 Å². The maximum absolute atomic E-state index is 11.8. The van der Waals surface area contributed by atoms with Gasteiger partial charge in [0.05, 0.1) is 18.9 Å². The number of aliphatic hydroxyl groups excluding tert-OH is 1. The molecule has 6 nitrogen and oxygen atoms in total. The Bertz CT molecular complexity index is 385. The highest BCUT2D eigenvalue weighted by Gasteiger charge is 2.20. The Kier molecular flexibility index (Phi) is 3.89. The minimum atomic E-state index is -0.577. The molecular formula is C10H17N3O3. The van der Waals surface area contributed by atoms with Crippen LogP contribution in [0.1, 0.15) is 23.0 Å². The zero-order chi connectivity index (χ0) is 12.3. The number of carbonyl (C=O) groups is 1. The van der Waals surface area contributed by atoms with Crippen molar-refractivity contribution in [1.82, 2.24) is 15.1 Å². The number of methoxy groups -OCH3 is 1. The molecule has 0 aliphatic heterocycles. The fourth-order valence-electron chi connectivity index (χ4n) is 1.46. The number of rotatable bonds is 4. The second-order valence-electron chi connectivity index (χ2n) is 3.65. The van der Waals surface area contributed by atoms with Crippen molar-refractivity contribution in [3.8, 4) is 5.88 Å². The number of carbonyl (C=O) groups excluding carboxylic acids is 1. The van der Waals surface area contributed by atoms with E-state index in [1.807, 2.05) is 0 Å². The molecule has 1 rings (SSSR count). The molecule has 6 heteroatoms. The second-order valence-corrected chi connectivity index (χ2v) is 3.65. The first-order valence-corrected chi connectivity index (χ1v) is 5.01. The number of aliphatic hydroxyl groups is 1. The van der Waals surface area contributed by atoms with Gasteiger partial charge in [-0.25, -0.2) is 4.68 Å². The van der Waals surface area contributed by atoms with Crippen LogP contribution in [0.3, 0.4) is 0 Å². The van der Waals surface area contributed by atoms with Crippen LogP contribution < -0.4 is 10.1 Å². The van der Waals surface area contributed by atoms with E-state index in [0.717, 1.165) is 0 Å². The minimum Gasteiger partial charge on any atom is -0.481 e. The van der Waals surface area contributed by atoms with E-state index in [1.165, 1.54) is 11.8 Å². The van der Waals surface area contributed by atoms with Crippen LogP contribution in [0.5, 0.6) is 5.88 Å². The van der Waals surface area contributed by atoms with Crippen molar-refractivity contribution < 1.29 is 14.6 Å². The van der Waals surface area contributed by atoms with E-state index in [9.17, 15) is 4.79 Å². The van der Waals surface area contributed by atoms with Gasteiger partial charge in [-0.3, -0.25) is 4.79 Å². The third kappa shape index (κ3) is 2.52. The lowest BCUT2D eigenvalue weighted by Gasteiger charge is -2.08. The monoisotopic (exact) mass is 227 g/mol. The van der Waals surface area contributed by atoms with Gasteiger partial charge >= 0.3 is 0 Å². The van der Waals surface area contributed by atoms with Gasteiger partial charge in [-0.15, -0.1) is 0 Å². The quantitative estimate of drug-likeness (QED) is 0.750. The first-order chi connectivity index (χ1) is 7.47. The van der Waals surface area contributed by atoms with Crippen molar-refractivity contribution in [1.29, 1.82) is 0 Å². The summed E-state index contributed by atoms with van der Waals surface area (Å²) in [6.07, 6.45) is -0.577. The number of aryl methyl sites for hydroxylation is 2. The molecule has 0 fully saturated rings. The molecule has 0 aliphatic rings. The Morgan fingerprint density at radius 3 is 2.81 bits per heavy atom. The van der Waals surface area contributed by atoms with Crippen molar-refractivity contribution in [2.45, 2.75) is 20.0 Å². The van der Waals surface area contributed by atoms with Gasteiger partial charge in [-0.1, -0.05) is 0 Å². The summed E-state index contributed by atoms with van der Waals surface area (Å²) in [7, 11) is 3.19. The summed E-state index contributed by atoms with van der Waals surface area (Å²) in [5.74, 6) is 0.129. The van der Waals surface area contributed by atoms with E-state index >= 15 is 0 Å². The zero-order valence-electron chi connectivity index (χ0n) is 9.94. The minimum absolute atomic E-state index is 0.205. The van der Waals surface area contributed by atoms with E-state index in [-0.39, 0.29) is 12.5 Å². The standard InChI is InChI=1S/C10H17N3O3/c1-6(14)5-11-9(15)8-7(2)12-13(3)10(8)16-4/h6,14H,5H2,1-4H3,(H,11,15). The van der Waals surface area contributed by atoms with Gasteiger partial charge < -0.3 is 15.2 Å². The first-order valence-electron chi connectivity index (χ1n) is 5.01. The SMILES string of the molecule is COc1c(C(=O)NCC(C)O)c(C)nn1C. The molecule has 1 aromatic rings. The zero-order valence-corrected chi connectivity index (χ0v) is 9.94. The van der Waals surface area contributed by atoms with Gasteiger partial charge in [0.1, 0.15) is 5.56 Å². The van der Waals surface area contributed by atoms with Crippen LogP contribution in [-0.2, 0) is 7.05 Å². The number of hydrogen-bond acceptors (Lipinski definition) is 4. The molecule has 1 atom stereocenters. The molecule has 0 aliphatic carbocycles. The molecule has 2 N–H and O–H groups in total. The number of amides is 1. The summed E-state index contributed by atoms with van der Waals surface area (Å²) in [6.45, 7) is 3.55. The second kappa shape index (κ2) is 4.98. The van der Waals surface area contributed by atoms with E-state index < -0.39 is 6.10 Å². The van der Waals surface area contributed by atoms with Crippen LogP contribution in [0.4, 0.5) is 0 Å². The van der Waals surface area contributed by atoms with Crippen LogP contribution in [0.2, 0.25) is 0 Å². The Morgan fingerprint density at radius 1 is 1.69 bits per heavy atom. The summed E-state index contributed by atoms with van der Waals surface area (Å²) in [5, 5.41) is 15.8. The average Bonchev–Trinajstić information content (AvgIpc) is 2.49. The van der Waals surface area contributed by atoms with E-state index in [4.69, 9.17) is 9.84 Å². The van der Waals surface area contributed by atoms with Gasteiger partial charge in [0.15, 0.2) is 0 Å². The fraction of sp³-hybridized carbons (Fsp3) is 0.600. The number of nitrogens with zero attached hydrogens (tertiary/aromatic N) is 2. The summed E-state index contributed by atoms with van der Waals surface area (Å²) in [4.78, 5) is 11.8. The fourth-order valence-corrected chi connectivity index (χ4v) is 1.46. The van der Waals surface area contributed by atoms with Crippen LogP contribution in [-0.4, -0.2) is 40.6 Å². The molecule has 0 aromatic carbocycles. The lowest BCUT2D eigenvalue weighted by Crippen LogP contribution is -2.31. The first kappa shape index (κ1) is 12.5. The highest BCUT2D eigenvalue weighted by atomic mass is 16.5. The molecule has 0 saturated carbocycles. The Labute approximate surface area is 94.2 Å². The van der Waals surface area contributed by atoms with E-state index in [2.05, 4.69) is 10.4 Å². The molecule has 0 spiro atoms. The maximum atomic E-state index is 11.8. The maximum Gasteiger partial charge on any atom is 0.258 e. The van der Waals surface area contributed by atoms with Crippen LogP contribution in [0.25, 0.3) is 0 Å². The molecule has 90 valence electrons. The van der Waals surface area contributed by atoms with Gasteiger partial charge in [-0.05, 0) is 13.8 Å². The topological polar surface area (TPSA) is 76.4 Å². The number of nitrogens with one attached hydrogen (secondary N) is 1. The van der Waals surface area contributed by atoms with Crippen LogP contribution in [0, 0.1) is 6.92 Å². The molecule has 16 heavy (non-hydrogen) atoms. The Morgan fingerprint density at radius 2 is 2.31 bits per heavy atom. The molecular weight excluding hydrogens is 210 g/mol.